The van der Waals surface area contributed by atoms with Crippen molar-refractivity contribution < 1.29 is 9.53 Å². The number of rotatable bonds is 18. The second-order valence-electron chi connectivity index (χ2n) is 7.81. The number of esters is 1. The van der Waals surface area contributed by atoms with Crippen molar-refractivity contribution in [2.75, 3.05) is 6.61 Å². The lowest BCUT2D eigenvalue weighted by molar-refractivity contribution is 0.0497. The standard InChI is InChI=1S/C25H42O2/c1-2-3-4-5-6-7-8-9-10-11-12-13-14-15-16-20-23-27-25(26)24-21-18-17-19-22-24/h17-19,21-22H,2-16,20,23H2,1H3. The van der Waals surface area contributed by atoms with Crippen LogP contribution in [0.2, 0.25) is 0 Å². The Labute approximate surface area is 168 Å². The average Bonchev–Trinajstić information content (AvgIpc) is 2.70. The van der Waals surface area contributed by atoms with Gasteiger partial charge in [-0.3, -0.25) is 0 Å². The molecular formula is C25H42O2. The van der Waals surface area contributed by atoms with Crippen LogP contribution in [0.4, 0.5) is 0 Å². The molecule has 0 N–H and O–H groups in total. The molecule has 154 valence electrons. The Balaban J connectivity index is 1.75. The van der Waals surface area contributed by atoms with Crippen molar-refractivity contribution in [3.63, 3.8) is 0 Å². The van der Waals surface area contributed by atoms with Gasteiger partial charge in [0.2, 0.25) is 0 Å². The van der Waals surface area contributed by atoms with Gasteiger partial charge in [-0.2, -0.15) is 0 Å². The largest absolute Gasteiger partial charge is 0.462 e. The van der Waals surface area contributed by atoms with Crippen LogP contribution in [-0.2, 0) is 4.74 Å². The van der Waals surface area contributed by atoms with E-state index in [4.69, 9.17) is 4.74 Å². The highest BCUT2D eigenvalue weighted by molar-refractivity contribution is 5.89. The van der Waals surface area contributed by atoms with Crippen LogP contribution in [0.1, 0.15) is 120 Å². The summed E-state index contributed by atoms with van der Waals surface area (Å²) in [6, 6.07) is 9.24. The molecule has 0 unspecified atom stereocenters. The summed E-state index contributed by atoms with van der Waals surface area (Å²) in [7, 11) is 0. The molecule has 0 heterocycles. The average molecular weight is 375 g/mol. The van der Waals surface area contributed by atoms with E-state index in [1.807, 2.05) is 18.2 Å². The van der Waals surface area contributed by atoms with Gasteiger partial charge in [0.1, 0.15) is 0 Å². The van der Waals surface area contributed by atoms with Crippen molar-refractivity contribution >= 4 is 5.97 Å². The fraction of sp³-hybridized carbons (Fsp3) is 0.720. The van der Waals surface area contributed by atoms with Crippen LogP contribution >= 0.6 is 0 Å². The lowest BCUT2D eigenvalue weighted by Gasteiger charge is -2.05. The third-order valence-corrected chi connectivity index (χ3v) is 5.24. The highest BCUT2D eigenvalue weighted by atomic mass is 16.5. The van der Waals surface area contributed by atoms with Crippen LogP contribution in [0.5, 0.6) is 0 Å². The van der Waals surface area contributed by atoms with E-state index in [9.17, 15) is 4.79 Å². The number of hydrogen-bond acceptors (Lipinski definition) is 2. The molecule has 27 heavy (non-hydrogen) atoms. The maximum Gasteiger partial charge on any atom is 0.338 e. The lowest BCUT2D eigenvalue weighted by atomic mass is 10.0. The predicted octanol–water partition coefficient (Wildman–Crippen LogP) is 8.10. The minimum absolute atomic E-state index is 0.198. The van der Waals surface area contributed by atoms with Gasteiger partial charge in [-0.1, -0.05) is 121 Å². The first-order chi connectivity index (χ1) is 13.3. The van der Waals surface area contributed by atoms with Gasteiger partial charge in [-0.15, -0.1) is 0 Å². The Kier molecular flexibility index (Phi) is 15.9. The minimum atomic E-state index is -0.198. The van der Waals surface area contributed by atoms with E-state index in [1.54, 1.807) is 12.1 Å². The van der Waals surface area contributed by atoms with Crippen molar-refractivity contribution in [2.24, 2.45) is 0 Å². The van der Waals surface area contributed by atoms with E-state index >= 15 is 0 Å². The number of benzene rings is 1. The summed E-state index contributed by atoms with van der Waals surface area (Å²) in [5.41, 5.74) is 0.647. The second-order valence-corrected chi connectivity index (χ2v) is 7.81. The molecule has 0 aliphatic heterocycles. The zero-order valence-electron chi connectivity index (χ0n) is 17.7. The molecular weight excluding hydrogens is 332 g/mol. The van der Waals surface area contributed by atoms with Crippen LogP contribution in [-0.4, -0.2) is 12.6 Å². The monoisotopic (exact) mass is 374 g/mol. The Hall–Kier alpha value is -1.31. The first kappa shape index (κ1) is 23.7. The van der Waals surface area contributed by atoms with Crippen LogP contribution in [0.25, 0.3) is 0 Å². The first-order valence-corrected chi connectivity index (χ1v) is 11.6. The van der Waals surface area contributed by atoms with Crippen LogP contribution < -0.4 is 0 Å². The molecule has 2 nitrogen and oxygen atoms in total. The highest BCUT2D eigenvalue weighted by Crippen LogP contribution is 2.13. The third kappa shape index (κ3) is 14.4. The van der Waals surface area contributed by atoms with E-state index < -0.39 is 0 Å². The minimum Gasteiger partial charge on any atom is -0.462 e. The van der Waals surface area contributed by atoms with Gasteiger partial charge in [0.05, 0.1) is 12.2 Å². The quantitative estimate of drug-likeness (QED) is 0.192. The van der Waals surface area contributed by atoms with Crippen molar-refractivity contribution in [3.8, 4) is 0 Å². The molecule has 0 aliphatic rings. The van der Waals surface area contributed by atoms with Crippen LogP contribution in [0.15, 0.2) is 30.3 Å². The zero-order chi connectivity index (χ0) is 19.4. The van der Waals surface area contributed by atoms with Gasteiger partial charge in [0, 0.05) is 0 Å². The van der Waals surface area contributed by atoms with E-state index in [0.29, 0.717) is 12.2 Å². The molecule has 1 aromatic rings. The first-order valence-electron chi connectivity index (χ1n) is 11.6. The number of ether oxygens (including phenoxy) is 1. The van der Waals surface area contributed by atoms with Gasteiger partial charge >= 0.3 is 5.97 Å². The fourth-order valence-corrected chi connectivity index (χ4v) is 3.47. The number of carbonyl (C=O) groups excluding carboxylic acids is 1. The molecule has 0 spiro atoms. The second kappa shape index (κ2) is 18.1. The topological polar surface area (TPSA) is 26.3 Å². The number of carbonyl (C=O) groups is 1. The van der Waals surface area contributed by atoms with Gasteiger partial charge in [-0.25, -0.2) is 4.79 Å². The SMILES string of the molecule is CCCCCCCCCCCCCCCCCCOC(=O)c1ccccc1. The number of unbranched alkanes of at least 4 members (excludes halogenated alkanes) is 15. The molecule has 2 heteroatoms. The maximum atomic E-state index is 11.8. The number of hydrogen-bond donors (Lipinski definition) is 0. The molecule has 0 bridgehead atoms. The summed E-state index contributed by atoms with van der Waals surface area (Å²) < 4.78 is 5.31. The lowest BCUT2D eigenvalue weighted by Crippen LogP contribution is -2.06. The van der Waals surface area contributed by atoms with Crippen LogP contribution in [0.3, 0.4) is 0 Å². The van der Waals surface area contributed by atoms with Crippen molar-refractivity contribution in [1.82, 2.24) is 0 Å². The summed E-state index contributed by atoms with van der Waals surface area (Å²) in [4.78, 5) is 11.8. The summed E-state index contributed by atoms with van der Waals surface area (Å²) in [5.74, 6) is -0.198. The normalized spacial score (nSPS) is 10.9. The van der Waals surface area contributed by atoms with E-state index in [1.165, 1.54) is 96.3 Å². The Bertz CT molecular complexity index is 441. The highest BCUT2D eigenvalue weighted by Gasteiger charge is 2.04. The predicted molar refractivity (Wildman–Crippen MR) is 116 cm³/mol. The van der Waals surface area contributed by atoms with E-state index in [0.717, 1.165) is 6.42 Å². The fourth-order valence-electron chi connectivity index (χ4n) is 3.47. The molecule has 0 aliphatic carbocycles. The third-order valence-electron chi connectivity index (χ3n) is 5.24. The molecule has 0 amide bonds. The molecule has 0 fully saturated rings. The summed E-state index contributed by atoms with van der Waals surface area (Å²) >= 11 is 0. The van der Waals surface area contributed by atoms with E-state index in [-0.39, 0.29) is 5.97 Å². The molecule has 1 rings (SSSR count). The molecule has 0 radical (unpaired) electrons. The summed E-state index contributed by atoms with van der Waals surface area (Å²) in [6.07, 6.45) is 21.7. The van der Waals surface area contributed by atoms with Gasteiger partial charge in [0.25, 0.3) is 0 Å². The smallest absolute Gasteiger partial charge is 0.338 e. The van der Waals surface area contributed by atoms with Gasteiger partial charge in [0.15, 0.2) is 0 Å². The zero-order valence-corrected chi connectivity index (χ0v) is 17.7. The summed E-state index contributed by atoms with van der Waals surface area (Å²) in [6.45, 7) is 2.83. The Morgan fingerprint density at radius 2 is 1.04 bits per heavy atom. The molecule has 0 saturated heterocycles. The molecule has 0 aromatic heterocycles. The van der Waals surface area contributed by atoms with E-state index in [2.05, 4.69) is 6.92 Å². The molecule has 1 aromatic carbocycles. The Morgan fingerprint density at radius 1 is 0.630 bits per heavy atom. The molecule has 0 atom stereocenters. The van der Waals surface area contributed by atoms with Gasteiger partial charge in [-0.05, 0) is 18.6 Å². The van der Waals surface area contributed by atoms with Gasteiger partial charge < -0.3 is 4.74 Å². The molecule has 0 saturated carbocycles. The summed E-state index contributed by atoms with van der Waals surface area (Å²) in [5, 5.41) is 0. The van der Waals surface area contributed by atoms with Crippen molar-refractivity contribution in [2.45, 2.75) is 110 Å². The van der Waals surface area contributed by atoms with Crippen molar-refractivity contribution in [3.05, 3.63) is 35.9 Å². The Morgan fingerprint density at radius 3 is 1.48 bits per heavy atom. The van der Waals surface area contributed by atoms with Crippen molar-refractivity contribution in [1.29, 1.82) is 0 Å². The maximum absolute atomic E-state index is 11.8. The van der Waals surface area contributed by atoms with Crippen LogP contribution in [0, 0.1) is 0 Å².